The minimum atomic E-state index is -2.99. The highest BCUT2D eigenvalue weighted by molar-refractivity contribution is 7.91. The monoisotopic (exact) mass is 271 g/mol. The Balaban J connectivity index is 2.75. The van der Waals surface area contributed by atoms with E-state index in [1.54, 1.807) is 6.92 Å². The summed E-state index contributed by atoms with van der Waals surface area (Å²) < 4.78 is 28.3. The normalized spacial score (nSPS) is 13.3. The Labute approximate surface area is 109 Å². The van der Waals surface area contributed by atoms with Gasteiger partial charge in [0.15, 0.2) is 9.84 Å². The molecule has 0 saturated carbocycles. The molecule has 1 unspecified atom stereocenters. The number of hydrogen-bond donors (Lipinski definition) is 1. The second-order valence-corrected chi connectivity index (χ2v) is 6.89. The Bertz CT molecular complexity index is 495. The second kappa shape index (κ2) is 6.20. The Kier molecular flexibility index (Phi) is 5.16. The predicted molar refractivity (Wildman–Crippen MR) is 73.6 cm³/mol. The zero-order chi connectivity index (χ0) is 13.8. The van der Waals surface area contributed by atoms with Gasteiger partial charge in [-0.2, -0.15) is 0 Å². The Morgan fingerprint density at radius 3 is 2.61 bits per heavy atom. The number of rotatable bonds is 6. The van der Waals surface area contributed by atoms with Gasteiger partial charge in [-0.15, -0.1) is 0 Å². The molecule has 0 radical (unpaired) electrons. The van der Waals surface area contributed by atoms with E-state index in [9.17, 15) is 8.42 Å². The molecule has 1 aromatic carbocycles. The predicted octanol–water partition coefficient (Wildman–Crippen LogP) is 1.83. The zero-order valence-electron chi connectivity index (χ0n) is 11.1. The lowest BCUT2D eigenvalue weighted by Crippen LogP contribution is -2.17. The van der Waals surface area contributed by atoms with Crippen LogP contribution < -0.4 is 10.5 Å². The molecule has 0 aliphatic heterocycles. The van der Waals surface area contributed by atoms with Gasteiger partial charge >= 0.3 is 0 Å². The van der Waals surface area contributed by atoms with Gasteiger partial charge in [0.1, 0.15) is 12.4 Å². The van der Waals surface area contributed by atoms with Crippen molar-refractivity contribution < 1.29 is 13.2 Å². The van der Waals surface area contributed by atoms with Gasteiger partial charge in [0.05, 0.1) is 5.75 Å². The third-order valence-electron chi connectivity index (χ3n) is 2.75. The molecule has 1 atom stereocenters. The third kappa shape index (κ3) is 4.31. The summed E-state index contributed by atoms with van der Waals surface area (Å²) >= 11 is 0. The lowest BCUT2D eigenvalue weighted by molar-refractivity contribution is 0.335. The van der Waals surface area contributed by atoms with Crippen molar-refractivity contribution in [3.05, 3.63) is 29.3 Å². The van der Waals surface area contributed by atoms with Crippen LogP contribution in [0.4, 0.5) is 0 Å². The Hall–Kier alpha value is -1.07. The van der Waals surface area contributed by atoms with Gasteiger partial charge in [-0.3, -0.25) is 0 Å². The summed E-state index contributed by atoms with van der Waals surface area (Å²) in [6, 6.07) is 5.64. The molecule has 0 aliphatic rings. The lowest BCUT2D eigenvalue weighted by atomic mass is 10.1. The molecule has 18 heavy (non-hydrogen) atoms. The highest BCUT2D eigenvalue weighted by Gasteiger charge is 2.11. The van der Waals surface area contributed by atoms with Crippen LogP contribution in [-0.4, -0.2) is 26.5 Å². The van der Waals surface area contributed by atoms with Crippen LogP contribution in [0.2, 0.25) is 0 Å². The highest BCUT2D eigenvalue weighted by atomic mass is 32.2. The fourth-order valence-electron chi connectivity index (χ4n) is 1.57. The van der Waals surface area contributed by atoms with E-state index in [0.717, 1.165) is 11.1 Å². The minimum Gasteiger partial charge on any atom is -0.492 e. The van der Waals surface area contributed by atoms with Crippen LogP contribution in [0.25, 0.3) is 0 Å². The third-order valence-corrected chi connectivity index (χ3v) is 4.42. The fourth-order valence-corrected chi connectivity index (χ4v) is 2.19. The SMILES string of the molecule is CCS(=O)(=O)CCOc1cc(C)ccc1C(C)N. The number of hydrogen-bond acceptors (Lipinski definition) is 4. The van der Waals surface area contributed by atoms with Crippen molar-refractivity contribution in [1.82, 2.24) is 0 Å². The van der Waals surface area contributed by atoms with Crippen LogP contribution in [0.3, 0.4) is 0 Å². The largest absolute Gasteiger partial charge is 0.492 e. The summed E-state index contributed by atoms with van der Waals surface area (Å²) in [5.74, 6) is 0.858. The molecule has 0 fully saturated rings. The van der Waals surface area contributed by atoms with Crippen molar-refractivity contribution in [3.8, 4) is 5.75 Å². The summed E-state index contributed by atoms with van der Waals surface area (Å²) in [5.41, 5.74) is 7.81. The van der Waals surface area contributed by atoms with Crippen molar-refractivity contribution in [2.24, 2.45) is 5.73 Å². The van der Waals surface area contributed by atoms with Gasteiger partial charge in [0.2, 0.25) is 0 Å². The highest BCUT2D eigenvalue weighted by Crippen LogP contribution is 2.25. The average Bonchev–Trinajstić information content (AvgIpc) is 2.28. The average molecular weight is 271 g/mol. The number of nitrogens with two attached hydrogens (primary N) is 1. The maximum Gasteiger partial charge on any atom is 0.153 e. The van der Waals surface area contributed by atoms with Crippen molar-refractivity contribution in [2.75, 3.05) is 18.1 Å². The van der Waals surface area contributed by atoms with E-state index in [0.29, 0.717) is 5.75 Å². The van der Waals surface area contributed by atoms with Crippen LogP contribution in [0.1, 0.15) is 31.0 Å². The first-order chi connectivity index (χ1) is 8.35. The molecule has 0 spiro atoms. The second-order valence-electron chi connectivity index (χ2n) is 4.41. The molecular weight excluding hydrogens is 250 g/mol. The summed E-state index contributed by atoms with van der Waals surface area (Å²) in [6.07, 6.45) is 0. The first-order valence-electron chi connectivity index (χ1n) is 6.05. The minimum absolute atomic E-state index is 0.0375. The van der Waals surface area contributed by atoms with Crippen molar-refractivity contribution in [3.63, 3.8) is 0 Å². The molecule has 4 nitrogen and oxygen atoms in total. The van der Waals surface area contributed by atoms with E-state index >= 15 is 0 Å². The number of benzene rings is 1. The smallest absolute Gasteiger partial charge is 0.153 e. The van der Waals surface area contributed by atoms with Crippen LogP contribution in [0.5, 0.6) is 5.75 Å². The molecule has 5 heteroatoms. The van der Waals surface area contributed by atoms with E-state index < -0.39 is 9.84 Å². The Morgan fingerprint density at radius 1 is 1.39 bits per heavy atom. The summed E-state index contributed by atoms with van der Waals surface area (Å²) in [7, 11) is -2.99. The van der Waals surface area contributed by atoms with Crippen LogP contribution in [0, 0.1) is 6.92 Å². The lowest BCUT2D eigenvalue weighted by Gasteiger charge is -2.14. The fraction of sp³-hybridized carbons (Fsp3) is 0.538. The van der Waals surface area contributed by atoms with Crippen molar-refractivity contribution in [2.45, 2.75) is 26.8 Å². The molecule has 0 bridgehead atoms. The molecule has 0 amide bonds. The zero-order valence-corrected chi connectivity index (χ0v) is 12.0. The number of ether oxygens (including phenoxy) is 1. The molecule has 0 saturated heterocycles. The van der Waals surface area contributed by atoms with Gasteiger partial charge in [0.25, 0.3) is 0 Å². The van der Waals surface area contributed by atoms with Gasteiger partial charge in [0, 0.05) is 17.4 Å². The maximum atomic E-state index is 11.4. The van der Waals surface area contributed by atoms with E-state index in [2.05, 4.69) is 0 Å². The molecule has 1 aromatic rings. The molecular formula is C13H21NO3S. The Morgan fingerprint density at radius 2 is 2.06 bits per heavy atom. The van der Waals surface area contributed by atoms with Crippen LogP contribution >= 0.6 is 0 Å². The molecule has 1 rings (SSSR count). The summed E-state index contributed by atoms with van der Waals surface area (Å²) in [6.45, 7) is 5.63. The molecule has 0 aliphatic carbocycles. The van der Waals surface area contributed by atoms with E-state index in [-0.39, 0.29) is 24.2 Å². The standard InChI is InChI=1S/C13H21NO3S/c1-4-18(15,16)8-7-17-13-9-10(2)5-6-12(13)11(3)14/h5-6,9,11H,4,7-8,14H2,1-3H3. The van der Waals surface area contributed by atoms with Crippen LogP contribution in [0.15, 0.2) is 18.2 Å². The maximum absolute atomic E-state index is 11.4. The molecule has 102 valence electrons. The quantitative estimate of drug-likeness (QED) is 0.857. The van der Waals surface area contributed by atoms with Gasteiger partial charge in [-0.1, -0.05) is 19.1 Å². The summed E-state index contributed by atoms with van der Waals surface area (Å²) in [4.78, 5) is 0. The number of sulfone groups is 1. The summed E-state index contributed by atoms with van der Waals surface area (Å²) in [5, 5.41) is 0. The molecule has 0 aromatic heterocycles. The van der Waals surface area contributed by atoms with Gasteiger partial charge < -0.3 is 10.5 Å². The molecule has 2 N–H and O–H groups in total. The van der Waals surface area contributed by atoms with Gasteiger partial charge in [-0.05, 0) is 25.5 Å². The first-order valence-corrected chi connectivity index (χ1v) is 7.87. The van der Waals surface area contributed by atoms with E-state index in [1.165, 1.54) is 0 Å². The molecule has 0 heterocycles. The van der Waals surface area contributed by atoms with Crippen molar-refractivity contribution in [1.29, 1.82) is 0 Å². The van der Waals surface area contributed by atoms with Gasteiger partial charge in [-0.25, -0.2) is 8.42 Å². The van der Waals surface area contributed by atoms with Crippen LogP contribution in [-0.2, 0) is 9.84 Å². The van der Waals surface area contributed by atoms with E-state index in [4.69, 9.17) is 10.5 Å². The van der Waals surface area contributed by atoms with Crippen molar-refractivity contribution >= 4 is 9.84 Å². The topological polar surface area (TPSA) is 69.4 Å². The first kappa shape index (κ1) is 15.0. The van der Waals surface area contributed by atoms with E-state index in [1.807, 2.05) is 32.0 Å². The number of aryl methyl sites for hydroxylation is 1.